The van der Waals surface area contributed by atoms with E-state index in [1.807, 2.05) is 0 Å². The molecule has 8 heavy (non-hydrogen) atoms. The van der Waals surface area contributed by atoms with Gasteiger partial charge in [0, 0.05) is 7.50 Å². The van der Waals surface area contributed by atoms with Crippen LogP contribution in [0.25, 0.3) is 0 Å². The molecule has 0 spiro atoms. The van der Waals surface area contributed by atoms with E-state index in [4.69, 9.17) is 5.26 Å². The Hall–Kier alpha value is -1.29. The monoisotopic (exact) mass is 109 g/mol. The Kier molecular flexibility index (Phi) is 21.3. The molecule has 0 aromatic carbocycles. The third-order valence-corrected chi connectivity index (χ3v) is 0.258. The zero-order valence-electron chi connectivity index (χ0n) is 4.80. The molecule has 0 radical (unpaired) electrons. The summed E-state index contributed by atoms with van der Waals surface area (Å²) in [6.07, 6.45) is 4.46. The highest BCUT2D eigenvalue weighted by Crippen LogP contribution is 1.52. The zero-order valence-corrected chi connectivity index (χ0v) is 4.80. The third kappa shape index (κ3) is 129. The number of nitrogens with zero attached hydrogens (tertiary/aromatic N) is 1. The van der Waals surface area contributed by atoms with Crippen LogP contribution in [0.15, 0.2) is 38.0 Å². The van der Waals surface area contributed by atoms with Gasteiger partial charge in [0.2, 0.25) is 0 Å². The maximum Gasteiger partial charge on any atom is 0.0905 e. The topological polar surface area (TPSA) is 23.8 Å². The average molecular weight is 109 g/mol. The minimum absolute atomic E-state index is 0. The van der Waals surface area contributed by atoms with Crippen LogP contribution >= 0.6 is 0 Å². The Labute approximate surface area is 51.7 Å². The molecule has 0 saturated carbocycles. The molecule has 0 saturated heterocycles. The number of hydrogen-bond donors (Lipinski definition) is 0. The van der Waals surface area contributed by atoms with E-state index in [9.17, 15) is 0 Å². The molecule has 44 valence electrons. The Morgan fingerprint density at radius 2 is 1.50 bits per heavy atom. The lowest BCUT2D eigenvalue weighted by Crippen LogP contribution is -1.23. The predicted molar refractivity (Wildman–Crippen MR) is 38.3 cm³/mol. The molecular formula is C7H11N. The summed E-state index contributed by atoms with van der Waals surface area (Å²) in [5.41, 5.74) is 0. The number of hydrogen-bond acceptors (Lipinski definition) is 1. The second-order valence-corrected chi connectivity index (χ2v) is 0.805. The van der Waals surface area contributed by atoms with E-state index >= 15 is 0 Å². The van der Waals surface area contributed by atoms with Crippen LogP contribution in [0.3, 0.4) is 0 Å². The van der Waals surface area contributed by atoms with Crippen molar-refractivity contribution in [2.75, 3.05) is 0 Å². The molecule has 0 N–H and O–H groups in total. The first-order valence-electron chi connectivity index (χ1n) is 2.07. The van der Waals surface area contributed by atoms with Gasteiger partial charge in [0.1, 0.15) is 0 Å². The molecule has 0 amide bonds. The van der Waals surface area contributed by atoms with Gasteiger partial charge < -0.3 is 0 Å². The molecule has 0 aliphatic carbocycles. The van der Waals surface area contributed by atoms with E-state index in [-0.39, 0.29) is 1.43 Å². The van der Waals surface area contributed by atoms with Crippen LogP contribution in [0, 0.1) is 11.3 Å². The SMILES string of the molecule is C=CC#N.C=CC=C.[HH]. The molecule has 0 aliphatic heterocycles. The highest BCUT2D eigenvalue weighted by atomic mass is 14.2. The summed E-state index contributed by atoms with van der Waals surface area (Å²) in [7, 11) is 0. The largest absolute Gasteiger partial charge is 0.193 e. The van der Waals surface area contributed by atoms with Crippen molar-refractivity contribution < 1.29 is 1.43 Å². The number of nitriles is 1. The van der Waals surface area contributed by atoms with Crippen LogP contribution in [0.4, 0.5) is 0 Å². The van der Waals surface area contributed by atoms with Gasteiger partial charge in [-0.15, -0.1) is 0 Å². The van der Waals surface area contributed by atoms with Gasteiger partial charge >= 0.3 is 0 Å². The van der Waals surface area contributed by atoms with Crippen LogP contribution in [-0.4, -0.2) is 0 Å². The van der Waals surface area contributed by atoms with Gasteiger partial charge in [-0.2, -0.15) is 5.26 Å². The second kappa shape index (κ2) is 17.2. The maximum absolute atomic E-state index is 7.51. The lowest BCUT2D eigenvalue weighted by molar-refractivity contribution is 1.54. The molecule has 0 rings (SSSR count). The highest BCUT2D eigenvalue weighted by Gasteiger charge is 1.34. The van der Waals surface area contributed by atoms with Crippen LogP contribution in [0.2, 0.25) is 0 Å². The van der Waals surface area contributed by atoms with Crippen molar-refractivity contribution in [3.05, 3.63) is 38.0 Å². The van der Waals surface area contributed by atoms with E-state index in [0.717, 1.165) is 0 Å². The molecule has 1 nitrogen and oxygen atoms in total. The quantitative estimate of drug-likeness (QED) is 0.374. The van der Waals surface area contributed by atoms with Gasteiger partial charge in [0.05, 0.1) is 6.07 Å². The number of rotatable bonds is 1. The Bertz CT molecular complexity index is 105. The van der Waals surface area contributed by atoms with Crippen molar-refractivity contribution in [2.24, 2.45) is 0 Å². The summed E-state index contributed by atoms with van der Waals surface area (Å²) in [6.45, 7) is 9.84. The first kappa shape index (κ1) is 9.86. The summed E-state index contributed by atoms with van der Waals surface area (Å²) < 4.78 is 0. The average Bonchev–Trinajstić information content (AvgIpc) is 1.88. The molecule has 0 fully saturated rings. The zero-order chi connectivity index (χ0) is 6.83. The molecule has 0 aromatic heterocycles. The van der Waals surface area contributed by atoms with Gasteiger partial charge in [0.15, 0.2) is 0 Å². The summed E-state index contributed by atoms with van der Waals surface area (Å²) in [6, 6.07) is 1.69. The predicted octanol–water partition coefficient (Wildman–Crippen LogP) is 2.30. The molecule has 0 bridgehead atoms. The van der Waals surface area contributed by atoms with Crippen LogP contribution in [0.5, 0.6) is 0 Å². The minimum Gasteiger partial charge on any atom is -0.193 e. The number of allylic oxidation sites excluding steroid dienone is 3. The lowest BCUT2D eigenvalue weighted by atomic mass is 10.6. The lowest BCUT2D eigenvalue weighted by Gasteiger charge is -1.44. The second-order valence-electron chi connectivity index (χ2n) is 0.805. The maximum atomic E-state index is 7.51. The van der Waals surface area contributed by atoms with E-state index in [2.05, 4.69) is 19.7 Å². The normalized spacial score (nSPS) is 4.38. The van der Waals surface area contributed by atoms with Crippen molar-refractivity contribution in [3.8, 4) is 6.07 Å². The fourth-order valence-corrected chi connectivity index (χ4v) is 0. The van der Waals surface area contributed by atoms with Gasteiger partial charge in [-0.05, 0) is 0 Å². The van der Waals surface area contributed by atoms with Crippen LogP contribution in [-0.2, 0) is 0 Å². The van der Waals surface area contributed by atoms with E-state index in [1.54, 1.807) is 18.2 Å². The molecule has 1 heteroatoms. The van der Waals surface area contributed by atoms with Crippen molar-refractivity contribution in [1.29, 1.82) is 5.26 Å². The third-order valence-electron chi connectivity index (χ3n) is 0.258. The standard InChI is InChI=1S/C4H6.C3H3N.H2/c1-3-4-2;1-2-3-4;/h3-4H,1-2H2;2H,1H2;1H. The Morgan fingerprint density at radius 1 is 1.25 bits per heavy atom. The van der Waals surface area contributed by atoms with Gasteiger partial charge in [0.25, 0.3) is 0 Å². The van der Waals surface area contributed by atoms with Crippen molar-refractivity contribution in [1.82, 2.24) is 0 Å². The Balaban J connectivity index is -0.0000000720. The van der Waals surface area contributed by atoms with Crippen LogP contribution in [0.1, 0.15) is 1.43 Å². The molecule has 0 unspecified atom stereocenters. The van der Waals surface area contributed by atoms with Gasteiger partial charge in [-0.25, -0.2) is 0 Å². The molecule has 0 atom stereocenters. The van der Waals surface area contributed by atoms with Crippen molar-refractivity contribution in [2.45, 2.75) is 0 Å². The summed E-state index contributed by atoms with van der Waals surface area (Å²) in [5, 5.41) is 7.51. The fraction of sp³-hybridized carbons (Fsp3) is 0. The summed E-state index contributed by atoms with van der Waals surface area (Å²) >= 11 is 0. The molecule has 0 aromatic rings. The molecule has 0 heterocycles. The molecular weight excluding hydrogens is 98.1 g/mol. The minimum atomic E-state index is 0. The summed E-state index contributed by atoms with van der Waals surface area (Å²) in [5.74, 6) is 0. The van der Waals surface area contributed by atoms with Crippen LogP contribution < -0.4 is 0 Å². The Morgan fingerprint density at radius 3 is 1.50 bits per heavy atom. The smallest absolute Gasteiger partial charge is 0.0905 e. The first-order chi connectivity index (χ1) is 3.83. The van der Waals surface area contributed by atoms with E-state index < -0.39 is 0 Å². The van der Waals surface area contributed by atoms with Crippen molar-refractivity contribution in [3.63, 3.8) is 0 Å². The van der Waals surface area contributed by atoms with E-state index in [0.29, 0.717) is 0 Å². The van der Waals surface area contributed by atoms with Crippen molar-refractivity contribution >= 4 is 0 Å². The molecule has 0 aliphatic rings. The van der Waals surface area contributed by atoms with E-state index in [1.165, 1.54) is 6.08 Å². The first-order valence-corrected chi connectivity index (χ1v) is 2.07. The van der Waals surface area contributed by atoms with Gasteiger partial charge in [-0.3, -0.25) is 0 Å². The fourth-order valence-electron chi connectivity index (χ4n) is 0. The highest BCUT2D eigenvalue weighted by molar-refractivity contribution is 4.93. The van der Waals surface area contributed by atoms with Gasteiger partial charge in [-0.1, -0.05) is 31.9 Å². The summed E-state index contributed by atoms with van der Waals surface area (Å²) in [4.78, 5) is 0.